The van der Waals surface area contributed by atoms with Gasteiger partial charge >= 0.3 is 0 Å². The summed E-state index contributed by atoms with van der Waals surface area (Å²) in [6.07, 6.45) is 3.53. The van der Waals surface area contributed by atoms with E-state index in [1.165, 1.54) is 11.1 Å². The second-order valence-electron chi connectivity index (χ2n) is 10.2. The van der Waals surface area contributed by atoms with Crippen molar-refractivity contribution < 1.29 is 14.3 Å². The Morgan fingerprint density at radius 3 is 2.46 bits per heavy atom. The molecule has 190 valence electrons. The highest BCUT2D eigenvalue weighted by atomic mass is 16.5. The monoisotopic (exact) mass is 495 g/mol. The number of morpholine rings is 1. The number of nitrogens with zero attached hydrogens (tertiary/aromatic N) is 2. The number of rotatable bonds is 4. The van der Waals surface area contributed by atoms with Crippen LogP contribution in [0.1, 0.15) is 51.5 Å². The maximum Gasteiger partial charge on any atom is 0.254 e. The Morgan fingerprint density at radius 2 is 1.62 bits per heavy atom. The lowest BCUT2D eigenvalue weighted by atomic mass is 9.87. The minimum absolute atomic E-state index is 0.0174. The van der Waals surface area contributed by atoms with Crippen molar-refractivity contribution in [1.29, 1.82) is 0 Å². The van der Waals surface area contributed by atoms with E-state index in [9.17, 15) is 9.59 Å². The molecule has 0 aromatic heterocycles. The highest BCUT2D eigenvalue weighted by molar-refractivity contribution is 5.98. The molecule has 0 spiro atoms. The standard InChI is InChI=1S/C31H33N3O3/c35-30(32-28-14-6-10-22-7-3-4-13-27(22)28)29-20-23-8-1-2-9-25(23)21-34(29)31(36)24-11-5-12-26(19-24)33-15-17-37-18-16-33/h1-5,7-9,11-13,19,28-29H,6,10,14-18,20-21H2,(H,32,35). The number of fused-ring (bicyclic) bond motifs is 2. The predicted molar refractivity (Wildman–Crippen MR) is 144 cm³/mol. The van der Waals surface area contributed by atoms with Crippen molar-refractivity contribution in [3.05, 3.63) is 101 Å². The summed E-state index contributed by atoms with van der Waals surface area (Å²) in [5.74, 6) is -0.178. The summed E-state index contributed by atoms with van der Waals surface area (Å²) < 4.78 is 5.49. The molecular weight excluding hydrogens is 462 g/mol. The number of carbonyl (C=O) groups excluding carboxylic acids is 2. The normalized spacial score (nSPS) is 21.1. The molecule has 1 N–H and O–H groups in total. The minimum atomic E-state index is -0.552. The van der Waals surface area contributed by atoms with Gasteiger partial charge in [-0.05, 0) is 59.7 Å². The minimum Gasteiger partial charge on any atom is -0.378 e. The molecular formula is C31H33N3O3. The molecule has 2 atom stereocenters. The molecule has 2 unspecified atom stereocenters. The maximum absolute atomic E-state index is 14.0. The van der Waals surface area contributed by atoms with Crippen LogP contribution in [0.5, 0.6) is 0 Å². The fourth-order valence-electron chi connectivity index (χ4n) is 5.97. The van der Waals surface area contributed by atoms with E-state index in [0.29, 0.717) is 31.7 Å². The lowest BCUT2D eigenvalue weighted by molar-refractivity contribution is -0.127. The number of carbonyl (C=O) groups is 2. The van der Waals surface area contributed by atoms with Crippen LogP contribution in [-0.2, 0) is 28.9 Å². The number of nitrogens with one attached hydrogen (secondary N) is 1. The highest BCUT2D eigenvalue weighted by Crippen LogP contribution is 2.31. The van der Waals surface area contributed by atoms with Crippen molar-refractivity contribution >= 4 is 17.5 Å². The fourth-order valence-corrected chi connectivity index (χ4v) is 5.97. The van der Waals surface area contributed by atoms with E-state index >= 15 is 0 Å². The van der Waals surface area contributed by atoms with Gasteiger partial charge < -0.3 is 19.9 Å². The summed E-state index contributed by atoms with van der Waals surface area (Å²) in [4.78, 5) is 31.8. The third-order valence-electron chi connectivity index (χ3n) is 7.97. The molecule has 0 saturated carbocycles. The summed E-state index contributed by atoms with van der Waals surface area (Å²) in [6.45, 7) is 3.42. The molecule has 2 aliphatic heterocycles. The van der Waals surface area contributed by atoms with Crippen molar-refractivity contribution in [3.63, 3.8) is 0 Å². The quantitative estimate of drug-likeness (QED) is 0.587. The first kappa shape index (κ1) is 23.7. The van der Waals surface area contributed by atoms with Gasteiger partial charge in [0.1, 0.15) is 6.04 Å². The smallest absolute Gasteiger partial charge is 0.254 e. The van der Waals surface area contributed by atoms with Crippen molar-refractivity contribution in [2.24, 2.45) is 0 Å². The first-order valence-corrected chi connectivity index (χ1v) is 13.4. The molecule has 6 nitrogen and oxygen atoms in total. The summed E-state index contributed by atoms with van der Waals surface area (Å²) in [6, 6.07) is 23.7. The van der Waals surface area contributed by atoms with Crippen LogP contribution < -0.4 is 10.2 Å². The first-order valence-electron chi connectivity index (χ1n) is 13.4. The van der Waals surface area contributed by atoms with E-state index in [1.807, 2.05) is 42.5 Å². The van der Waals surface area contributed by atoms with E-state index in [-0.39, 0.29) is 17.9 Å². The van der Waals surface area contributed by atoms with E-state index in [4.69, 9.17) is 4.74 Å². The summed E-state index contributed by atoms with van der Waals surface area (Å²) in [5.41, 5.74) is 6.39. The Balaban J connectivity index is 1.28. The van der Waals surface area contributed by atoms with Crippen LogP contribution in [-0.4, -0.2) is 49.1 Å². The third-order valence-corrected chi connectivity index (χ3v) is 7.97. The molecule has 1 fully saturated rings. The number of anilines is 1. The van der Waals surface area contributed by atoms with Gasteiger partial charge in [-0.3, -0.25) is 9.59 Å². The molecule has 1 saturated heterocycles. The van der Waals surface area contributed by atoms with Crippen molar-refractivity contribution in [3.8, 4) is 0 Å². The van der Waals surface area contributed by atoms with Gasteiger partial charge in [-0.15, -0.1) is 0 Å². The molecule has 1 aliphatic carbocycles. The lowest BCUT2D eigenvalue weighted by Gasteiger charge is -2.37. The van der Waals surface area contributed by atoms with Crippen LogP contribution in [0.3, 0.4) is 0 Å². The van der Waals surface area contributed by atoms with Crippen LogP contribution in [0.15, 0.2) is 72.8 Å². The molecule has 6 heteroatoms. The zero-order valence-corrected chi connectivity index (χ0v) is 21.1. The Labute approximate surface area is 218 Å². The molecule has 3 aromatic rings. The molecule has 2 heterocycles. The second kappa shape index (κ2) is 10.4. The Bertz CT molecular complexity index is 1300. The van der Waals surface area contributed by atoms with E-state index < -0.39 is 6.04 Å². The van der Waals surface area contributed by atoms with Crippen LogP contribution in [0.2, 0.25) is 0 Å². The Kier molecular flexibility index (Phi) is 6.66. The van der Waals surface area contributed by atoms with Gasteiger partial charge in [-0.1, -0.05) is 54.6 Å². The van der Waals surface area contributed by atoms with Gasteiger partial charge in [-0.25, -0.2) is 0 Å². The summed E-state index contributed by atoms with van der Waals surface area (Å²) in [7, 11) is 0. The lowest BCUT2D eigenvalue weighted by Crippen LogP contribution is -2.53. The van der Waals surface area contributed by atoms with Gasteiger partial charge in [-0.2, -0.15) is 0 Å². The van der Waals surface area contributed by atoms with Gasteiger partial charge in [0.15, 0.2) is 0 Å². The molecule has 0 radical (unpaired) electrons. The number of benzene rings is 3. The number of amides is 2. The van der Waals surface area contributed by atoms with Gasteiger partial charge in [0.25, 0.3) is 5.91 Å². The Morgan fingerprint density at radius 1 is 0.865 bits per heavy atom. The van der Waals surface area contributed by atoms with Gasteiger partial charge in [0, 0.05) is 37.3 Å². The summed E-state index contributed by atoms with van der Waals surface area (Å²) in [5, 5.41) is 3.32. The van der Waals surface area contributed by atoms with Crippen LogP contribution >= 0.6 is 0 Å². The molecule has 0 bridgehead atoms. The number of aryl methyl sites for hydroxylation is 1. The van der Waals surface area contributed by atoms with Crippen LogP contribution in [0, 0.1) is 0 Å². The number of ether oxygens (including phenoxy) is 1. The first-order chi connectivity index (χ1) is 18.2. The van der Waals surface area contributed by atoms with Crippen molar-refractivity contribution in [1.82, 2.24) is 10.2 Å². The SMILES string of the molecule is O=C(NC1CCCc2ccccc21)C1Cc2ccccc2CN1C(=O)c1cccc(N2CCOCC2)c1. The van der Waals surface area contributed by atoms with E-state index in [2.05, 4.69) is 40.5 Å². The highest BCUT2D eigenvalue weighted by Gasteiger charge is 2.36. The van der Waals surface area contributed by atoms with E-state index in [1.54, 1.807) is 4.90 Å². The van der Waals surface area contributed by atoms with Gasteiger partial charge in [0.2, 0.25) is 5.91 Å². The average molecular weight is 496 g/mol. The third kappa shape index (κ3) is 4.86. The second-order valence-corrected chi connectivity index (χ2v) is 10.2. The van der Waals surface area contributed by atoms with E-state index in [0.717, 1.165) is 49.2 Å². The van der Waals surface area contributed by atoms with Crippen molar-refractivity contribution in [2.45, 2.75) is 44.3 Å². The maximum atomic E-state index is 14.0. The summed E-state index contributed by atoms with van der Waals surface area (Å²) >= 11 is 0. The van der Waals surface area contributed by atoms with Crippen LogP contribution in [0.4, 0.5) is 5.69 Å². The number of hydrogen-bond acceptors (Lipinski definition) is 4. The van der Waals surface area contributed by atoms with Crippen LogP contribution in [0.25, 0.3) is 0 Å². The van der Waals surface area contributed by atoms with Crippen molar-refractivity contribution in [2.75, 3.05) is 31.2 Å². The molecule has 37 heavy (non-hydrogen) atoms. The van der Waals surface area contributed by atoms with Gasteiger partial charge in [0.05, 0.1) is 19.3 Å². The molecule has 3 aliphatic rings. The Hall–Kier alpha value is -3.64. The number of hydrogen-bond donors (Lipinski definition) is 1. The molecule has 3 aromatic carbocycles. The predicted octanol–water partition coefficient (Wildman–Crippen LogP) is 4.28. The fraction of sp³-hybridized carbons (Fsp3) is 0.355. The zero-order chi connectivity index (χ0) is 25.2. The zero-order valence-electron chi connectivity index (χ0n) is 21.1. The average Bonchev–Trinajstić information content (AvgIpc) is 2.97. The molecule has 2 amide bonds. The molecule has 6 rings (SSSR count). The topological polar surface area (TPSA) is 61.9 Å². The largest absolute Gasteiger partial charge is 0.378 e.